The van der Waals surface area contributed by atoms with E-state index in [0.29, 0.717) is 16.7 Å². The highest BCUT2D eigenvalue weighted by atomic mass is 19.1. The molecule has 6 N–H and O–H groups in total. The number of aromatic nitrogens is 1. The molecule has 0 spiro atoms. The van der Waals surface area contributed by atoms with Crippen LogP contribution in [0.25, 0.3) is 0 Å². The van der Waals surface area contributed by atoms with Crippen molar-refractivity contribution in [3.05, 3.63) is 46.3 Å². The van der Waals surface area contributed by atoms with E-state index in [0.717, 1.165) is 0 Å². The molecule has 1 aliphatic heterocycles. The van der Waals surface area contributed by atoms with Crippen molar-refractivity contribution in [3.63, 3.8) is 0 Å². The maximum absolute atomic E-state index is 14.0. The highest BCUT2D eigenvalue weighted by Gasteiger charge is 2.29. The number of hydrogen-bond donors (Lipinski definition) is 4. The zero-order valence-electron chi connectivity index (χ0n) is 13.1. The van der Waals surface area contributed by atoms with Crippen LogP contribution in [0.5, 0.6) is 0 Å². The lowest BCUT2D eigenvalue weighted by Gasteiger charge is -2.26. The van der Waals surface area contributed by atoms with Crippen LogP contribution in [0.15, 0.2) is 23.2 Å². The molecule has 2 heterocycles. The van der Waals surface area contributed by atoms with E-state index >= 15 is 0 Å². The molecule has 0 radical (unpaired) electrons. The minimum atomic E-state index is -0.748. The third-order valence-corrected chi connectivity index (χ3v) is 3.87. The van der Waals surface area contributed by atoms with Crippen molar-refractivity contribution in [1.29, 1.82) is 10.5 Å². The standard InChI is InChI=1S/C16H13FN8/c1-7-2-3-8(4-10(7)17)13-11-12(20)9(5-18)14(21)24-15(11)25-16(23-13)22-6-19/h2-4,13H,1H3,(H6,20,21,22,23,24,25). The molecule has 1 unspecified atom stereocenters. The first-order valence-corrected chi connectivity index (χ1v) is 7.21. The van der Waals surface area contributed by atoms with Gasteiger partial charge in [0.25, 0.3) is 0 Å². The first kappa shape index (κ1) is 16.0. The number of nitrogens with two attached hydrogens (primary N) is 2. The van der Waals surface area contributed by atoms with E-state index in [-0.39, 0.29) is 28.8 Å². The third kappa shape index (κ3) is 2.64. The van der Waals surface area contributed by atoms with Crippen LogP contribution in [0.2, 0.25) is 0 Å². The summed E-state index contributed by atoms with van der Waals surface area (Å²) in [5.74, 6) is -0.0620. The number of guanidine groups is 1. The first-order valence-electron chi connectivity index (χ1n) is 7.21. The molecule has 0 amide bonds. The molecule has 0 aliphatic carbocycles. The Morgan fingerprint density at radius 3 is 2.72 bits per heavy atom. The number of fused-ring (bicyclic) bond motifs is 1. The van der Waals surface area contributed by atoms with Crippen molar-refractivity contribution in [2.24, 2.45) is 4.99 Å². The van der Waals surface area contributed by atoms with Crippen molar-refractivity contribution in [2.45, 2.75) is 13.0 Å². The molecular formula is C16H13FN8. The smallest absolute Gasteiger partial charge is 0.211 e. The van der Waals surface area contributed by atoms with Gasteiger partial charge in [-0.2, -0.15) is 10.5 Å². The van der Waals surface area contributed by atoms with Gasteiger partial charge in [0.05, 0.1) is 5.69 Å². The van der Waals surface area contributed by atoms with Crippen LogP contribution in [0.1, 0.15) is 28.3 Å². The van der Waals surface area contributed by atoms with Crippen LogP contribution in [-0.4, -0.2) is 10.9 Å². The van der Waals surface area contributed by atoms with Gasteiger partial charge in [0.2, 0.25) is 5.96 Å². The predicted octanol–water partition coefficient (Wildman–Crippen LogP) is 1.51. The van der Waals surface area contributed by atoms with Crippen LogP contribution >= 0.6 is 0 Å². The molecule has 8 nitrogen and oxygen atoms in total. The van der Waals surface area contributed by atoms with E-state index < -0.39 is 11.9 Å². The molecule has 1 aliphatic rings. The zero-order valence-corrected chi connectivity index (χ0v) is 13.1. The Kier molecular flexibility index (Phi) is 3.83. The molecule has 3 rings (SSSR count). The van der Waals surface area contributed by atoms with E-state index in [4.69, 9.17) is 16.7 Å². The lowest BCUT2D eigenvalue weighted by atomic mass is 9.94. The fraction of sp³-hybridized carbons (Fsp3) is 0.125. The molecule has 9 heteroatoms. The second-order valence-electron chi connectivity index (χ2n) is 5.41. The Balaban J connectivity index is 2.25. The second kappa shape index (κ2) is 5.98. The minimum absolute atomic E-state index is 0.0324. The Morgan fingerprint density at radius 2 is 2.08 bits per heavy atom. The number of hydrogen-bond acceptors (Lipinski definition) is 8. The molecule has 1 aromatic heterocycles. The number of halogens is 1. The number of nitrogens with zero attached hydrogens (tertiary/aromatic N) is 4. The van der Waals surface area contributed by atoms with Crippen molar-refractivity contribution in [2.75, 3.05) is 16.8 Å². The number of benzene rings is 1. The molecule has 2 aromatic rings. The van der Waals surface area contributed by atoms with Crippen LogP contribution in [0.3, 0.4) is 0 Å². The van der Waals surface area contributed by atoms with Gasteiger partial charge in [-0.05, 0) is 24.1 Å². The minimum Gasteiger partial charge on any atom is -0.397 e. The molecule has 1 atom stereocenters. The Hall–Kier alpha value is -3.85. The fourth-order valence-corrected chi connectivity index (χ4v) is 2.60. The molecule has 1 aromatic carbocycles. The Bertz CT molecular complexity index is 983. The molecule has 0 fully saturated rings. The summed E-state index contributed by atoms with van der Waals surface area (Å²) in [6, 6.07) is 5.82. The monoisotopic (exact) mass is 336 g/mol. The van der Waals surface area contributed by atoms with E-state index in [9.17, 15) is 9.65 Å². The van der Waals surface area contributed by atoms with E-state index in [2.05, 4.69) is 20.6 Å². The number of pyridine rings is 1. The molecular weight excluding hydrogens is 323 g/mol. The summed E-state index contributed by atoms with van der Waals surface area (Å²) in [5, 5.41) is 23.3. The first-order chi connectivity index (χ1) is 12.0. The summed E-state index contributed by atoms with van der Waals surface area (Å²) in [5.41, 5.74) is 13.4. The average Bonchev–Trinajstić information content (AvgIpc) is 2.57. The molecule has 0 saturated carbocycles. The Morgan fingerprint density at radius 1 is 1.32 bits per heavy atom. The van der Waals surface area contributed by atoms with Crippen LogP contribution in [0, 0.1) is 35.5 Å². The van der Waals surface area contributed by atoms with E-state index in [1.54, 1.807) is 25.2 Å². The van der Waals surface area contributed by atoms with Gasteiger partial charge in [-0.3, -0.25) is 5.32 Å². The second-order valence-corrected chi connectivity index (χ2v) is 5.41. The number of anilines is 3. The van der Waals surface area contributed by atoms with Gasteiger partial charge in [-0.25, -0.2) is 14.4 Å². The summed E-state index contributed by atoms with van der Waals surface area (Å²) in [4.78, 5) is 8.49. The van der Waals surface area contributed by atoms with Crippen LogP contribution < -0.4 is 22.1 Å². The number of nitrogen functional groups attached to an aromatic ring is 2. The van der Waals surface area contributed by atoms with Gasteiger partial charge in [0, 0.05) is 5.56 Å². The normalized spacial score (nSPS) is 15.2. The quantitative estimate of drug-likeness (QED) is 0.455. The van der Waals surface area contributed by atoms with Crippen molar-refractivity contribution < 1.29 is 4.39 Å². The summed E-state index contributed by atoms with van der Waals surface area (Å²) < 4.78 is 14.0. The maximum Gasteiger partial charge on any atom is 0.211 e. The van der Waals surface area contributed by atoms with Crippen LogP contribution in [-0.2, 0) is 0 Å². The average molecular weight is 336 g/mol. The number of aliphatic imine (C=N–C) groups is 1. The SMILES string of the molecule is Cc1ccc(C2N=C(NC#N)Nc3nc(N)c(C#N)c(N)c32)cc1F. The molecule has 124 valence electrons. The molecule has 0 bridgehead atoms. The highest BCUT2D eigenvalue weighted by Crippen LogP contribution is 2.40. The van der Waals surface area contributed by atoms with Crippen LogP contribution in [0.4, 0.5) is 21.7 Å². The topological polar surface area (TPSA) is 149 Å². The predicted molar refractivity (Wildman–Crippen MR) is 90.6 cm³/mol. The summed E-state index contributed by atoms with van der Waals surface area (Å²) >= 11 is 0. The lowest BCUT2D eigenvalue weighted by molar-refractivity contribution is 0.614. The van der Waals surface area contributed by atoms with Crippen molar-refractivity contribution in [3.8, 4) is 12.3 Å². The number of nitrogens with one attached hydrogen (secondary N) is 2. The van der Waals surface area contributed by atoms with Gasteiger partial charge in [-0.15, -0.1) is 0 Å². The third-order valence-electron chi connectivity index (χ3n) is 3.87. The van der Waals surface area contributed by atoms with Gasteiger partial charge < -0.3 is 16.8 Å². The summed E-state index contributed by atoms with van der Waals surface area (Å²) in [6.45, 7) is 1.64. The van der Waals surface area contributed by atoms with Gasteiger partial charge in [0.1, 0.15) is 35.1 Å². The maximum atomic E-state index is 14.0. The van der Waals surface area contributed by atoms with E-state index in [1.807, 2.05) is 6.07 Å². The highest BCUT2D eigenvalue weighted by molar-refractivity contribution is 5.98. The number of aryl methyl sites for hydroxylation is 1. The number of rotatable bonds is 1. The van der Waals surface area contributed by atoms with E-state index in [1.165, 1.54) is 6.07 Å². The fourth-order valence-electron chi connectivity index (χ4n) is 2.60. The van der Waals surface area contributed by atoms with Crippen molar-refractivity contribution in [1.82, 2.24) is 10.3 Å². The van der Waals surface area contributed by atoms with Crippen molar-refractivity contribution >= 4 is 23.3 Å². The Labute approximate surface area is 142 Å². The summed E-state index contributed by atoms with van der Waals surface area (Å²) in [6.07, 6.45) is 1.75. The lowest BCUT2D eigenvalue weighted by Crippen LogP contribution is -2.32. The largest absolute Gasteiger partial charge is 0.397 e. The van der Waals surface area contributed by atoms with Gasteiger partial charge >= 0.3 is 0 Å². The van der Waals surface area contributed by atoms with Gasteiger partial charge in [0.15, 0.2) is 6.19 Å². The van der Waals surface area contributed by atoms with Gasteiger partial charge in [-0.1, -0.05) is 12.1 Å². The molecule has 0 saturated heterocycles. The zero-order chi connectivity index (χ0) is 18.1. The number of nitriles is 2. The summed E-state index contributed by atoms with van der Waals surface area (Å²) in [7, 11) is 0. The molecule has 25 heavy (non-hydrogen) atoms.